The highest BCUT2D eigenvalue weighted by Gasteiger charge is 2.55. The number of carboxylic acid groups (broad SMARTS) is 1. The van der Waals surface area contributed by atoms with Gasteiger partial charge in [-0.05, 0) is 79.1 Å². The Morgan fingerprint density at radius 1 is 1.00 bits per heavy atom. The highest BCUT2D eigenvalue weighted by Crippen LogP contribution is 2.54. The molecule has 0 radical (unpaired) electrons. The number of nitrogens with zero attached hydrogens (tertiary/aromatic N) is 1. The number of aliphatic carboxylic acids is 1. The molecule has 1 aliphatic carbocycles. The molecule has 1 saturated carbocycles. The summed E-state index contributed by atoms with van der Waals surface area (Å²) in [6.07, 6.45) is 1.49. The molecule has 5 rings (SSSR count). The van der Waals surface area contributed by atoms with Crippen molar-refractivity contribution in [2.45, 2.75) is 62.4 Å². The van der Waals surface area contributed by atoms with Crippen LogP contribution in [0.4, 0.5) is 0 Å². The third-order valence-corrected chi connectivity index (χ3v) is 10.9. The van der Waals surface area contributed by atoms with Crippen molar-refractivity contribution in [2.75, 3.05) is 5.75 Å². The van der Waals surface area contributed by atoms with E-state index in [2.05, 4.69) is 0 Å². The second-order valence-electron chi connectivity index (χ2n) is 11.7. The lowest BCUT2D eigenvalue weighted by molar-refractivity contribution is -0.160. The van der Waals surface area contributed by atoms with Crippen LogP contribution in [0.2, 0.25) is 10.0 Å². The smallest absolute Gasteiger partial charge is 0.304 e. The third-order valence-electron chi connectivity index (χ3n) is 8.47. The normalized spacial score (nSPS) is 23.8. The maximum atomic E-state index is 14.6. The quantitative estimate of drug-likeness (QED) is 0.278. The average Bonchev–Trinajstić information content (AvgIpc) is 3.75. The van der Waals surface area contributed by atoms with Crippen molar-refractivity contribution in [3.05, 3.63) is 99.5 Å². The van der Waals surface area contributed by atoms with Gasteiger partial charge in [0.2, 0.25) is 5.91 Å². The zero-order valence-corrected chi connectivity index (χ0v) is 25.3. The van der Waals surface area contributed by atoms with Crippen LogP contribution < -0.4 is 0 Å². The molecule has 3 aromatic rings. The number of piperidine rings is 1. The Kier molecular flexibility index (Phi) is 8.25. The van der Waals surface area contributed by atoms with Gasteiger partial charge in [-0.3, -0.25) is 9.59 Å². The van der Waals surface area contributed by atoms with E-state index in [0.29, 0.717) is 15.6 Å². The Bertz CT molecular complexity index is 1570. The Morgan fingerprint density at radius 2 is 1.68 bits per heavy atom. The minimum Gasteiger partial charge on any atom is -0.481 e. The number of benzene rings is 3. The number of carbonyl (C=O) groups excluding carboxylic acids is 1. The molecular weight excluding hydrogens is 581 g/mol. The van der Waals surface area contributed by atoms with E-state index in [9.17, 15) is 23.1 Å². The molecule has 2 aliphatic rings. The molecule has 0 unspecified atom stereocenters. The second-order valence-corrected chi connectivity index (χ2v) is 14.5. The van der Waals surface area contributed by atoms with Gasteiger partial charge in [0.1, 0.15) is 0 Å². The molecule has 2 fully saturated rings. The topological polar surface area (TPSA) is 91.8 Å². The van der Waals surface area contributed by atoms with E-state index in [0.717, 1.165) is 24.0 Å². The number of hydrogen-bond donors (Lipinski definition) is 1. The highest BCUT2D eigenvalue weighted by molar-refractivity contribution is 7.91. The highest BCUT2D eigenvalue weighted by atomic mass is 35.5. The number of halogens is 2. The molecule has 1 aliphatic heterocycles. The molecule has 216 valence electrons. The number of amides is 1. The molecule has 1 heterocycles. The van der Waals surface area contributed by atoms with E-state index >= 15 is 0 Å². The van der Waals surface area contributed by atoms with Crippen LogP contribution in [0.1, 0.15) is 61.3 Å². The zero-order chi connectivity index (χ0) is 29.5. The SMILES string of the molecule is Cc1ccccc1S(=O)(=O)C[C@H](C1CC1)N1C(=O)[C@@](C)(CC(=O)O)C[C@H](c2cccc(Cl)c2)[C@H]1c1ccc(Cl)cc1. The summed E-state index contributed by atoms with van der Waals surface area (Å²) < 4.78 is 27.8. The van der Waals surface area contributed by atoms with E-state index in [-0.39, 0.29) is 41.2 Å². The van der Waals surface area contributed by atoms with Gasteiger partial charge in [-0.15, -0.1) is 0 Å². The molecule has 1 amide bonds. The van der Waals surface area contributed by atoms with Crippen LogP contribution in [-0.2, 0) is 19.4 Å². The van der Waals surface area contributed by atoms with Crippen molar-refractivity contribution in [1.29, 1.82) is 0 Å². The van der Waals surface area contributed by atoms with Crippen molar-refractivity contribution in [3.8, 4) is 0 Å². The lowest BCUT2D eigenvalue weighted by Gasteiger charge is -2.52. The van der Waals surface area contributed by atoms with Crippen molar-refractivity contribution >= 4 is 44.9 Å². The number of likely N-dealkylation sites (tertiary alicyclic amines) is 1. The van der Waals surface area contributed by atoms with Crippen LogP contribution in [0.5, 0.6) is 0 Å². The third kappa shape index (κ3) is 6.18. The van der Waals surface area contributed by atoms with E-state index < -0.39 is 33.3 Å². The summed E-state index contributed by atoms with van der Waals surface area (Å²) in [5, 5.41) is 10.9. The minimum absolute atomic E-state index is 0.0141. The first-order valence-electron chi connectivity index (χ1n) is 13.7. The largest absolute Gasteiger partial charge is 0.481 e. The van der Waals surface area contributed by atoms with Crippen molar-refractivity contribution in [1.82, 2.24) is 4.90 Å². The molecule has 0 bridgehead atoms. The molecule has 0 aromatic heterocycles. The summed E-state index contributed by atoms with van der Waals surface area (Å²) in [7, 11) is -3.78. The van der Waals surface area contributed by atoms with Crippen LogP contribution in [0.25, 0.3) is 0 Å². The lowest BCUT2D eigenvalue weighted by atomic mass is 9.67. The molecule has 1 N–H and O–H groups in total. The van der Waals surface area contributed by atoms with E-state index in [1.54, 1.807) is 61.2 Å². The molecule has 1 saturated heterocycles. The molecule has 9 heteroatoms. The predicted octanol–water partition coefficient (Wildman–Crippen LogP) is 7.09. The number of hydrogen-bond acceptors (Lipinski definition) is 4. The van der Waals surface area contributed by atoms with Gasteiger partial charge in [-0.1, -0.05) is 72.6 Å². The van der Waals surface area contributed by atoms with E-state index in [4.69, 9.17) is 23.2 Å². The van der Waals surface area contributed by atoms with Crippen molar-refractivity contribution in [3.63, 3.8) is 0 Å². The van der Waals surface area contributed by atoms with E-state index in [1.165, 1.54) is 0 Å². The fourth-order valence-corrected chi connectivity index (χ4v) is 8.62. The van der Waals surface area contributed by atoms with Gasteiger partial charge in [0, 0.05) is 22.0 Å². The summed E-state index contributed by atoms with van der Waals surface area (Å²) in [5.41, 5.74) is 1.07. The van der Waals surface area contributed by atoms with Crippen LogP contribution in [0, 0.1) is 18.3 Å². The molecule has 0 spiro atoms. The van der Waals surface area contributed by atoms with Crippen molar-refractivity contribution < 1.29 is 23.1 Å². The number of carboxylic acids is 1. The summed E-state index contributed by atoms with van der Waals surface area (Å²) in [6, 6.07) is 20.3. The molecular formula is C32H33Cl2NO5S. The van der Waals surface area contributed by atoms with Gasteiger partial charge in [-0.2, -0.15) is 0 Å². The van der Waals surface area contributed by atoms with Gasteiger partial charge in [0.25, 0.3) is 0 Å². The molecule has 41 heavy (non-hydrogen) atoms. The average molecular weight is 615 g/mol. The fraction of sp³-hybridized carbons (Fsp3) is 0.375. The monoisotopic (exact) mass is 613 g/mol. The number of carbonyl (C=O) groups is 2. The first kappa shape index (κ1) is 29.6. The summed E-state index contributed by atoms with van der Waals surface area (Å²) in [4.78, 5) is 28.6. The lowest BCUT2D eigenvalue weighted by Crippen LogP contribution is -2.58. The second kappa shape index (κ2) is 11.4. The zero-order valence-electron chi connectivity index (χ0n) is 23.0. The minimum atomic E-state index is -3.78. The first-order chi connectivity index (χ1) is 19.4. The Balaban J connectivity index is 1.69. The molecule has 3 aromatic carbocycles. The summed E-state index contributed by atoms with van der Waals surface area (Å²) >= 11 is 12.7. The van der Waals surface area contributed by atoms with Crippen LogP contribution >= 0.6 is 23.2 Å². The number of rotatable bonds is 9. The Labute approximate surface area is 251 Å². The van der Waals surface area contributed by atoms with Gasteiger partial charge >= 0.3 is 5.97 Å². The predicted molar refractivity (Wildman–Crippen MR) is 160 cm³/mol. The number of aryl methyl sites for hydroxylation is 1. The van der Waals surface area contributed by atoms with Crippen LogP contribution in [0.3, 0.4) is 0 Å². The van der Waals surface area contributed by atoms with Crippen molar-refractivity contribution in [2.24, 2.45) is 11.3 Å². The van der Waals surface area contributed by atoms with Gasteiger partial charge < -0.3 is 10.0 Å². The summed E-state index contributed by atoms with van der Waals surface area (Å²) in [5.74, 6) is -2.01. The van der Waals surface area contributed by atoms with Crippen LogP contribution in [0.15, 0.2) is 77.7 Å². The van der Waals surface area contributed by atoms with Crippen LogP contribution in [-0.4, -0.2) is 42.1 Å². The Morgan fingerprint density at radius 3 is 2.29 bits per heavy atom. The molecule has 6 nitrogen and oxygen atoms in total. The van der Waals surface area contributed by atoms with E-state index in [1.807, 2.05) is 30.3 Å². The van der Waals surface area contributed by atoms with Gasteiger partial charge in [-0.25, -0.2) is 8.42 Å². The van der Waals surface area contributed by atoms with Gasteiger partial charge in [0.15, 0.2) is 9.84 Å². The summed E-state index contributed by atoms with van der Waals surface area (Å²) in [6.45, 7) is 3.45. The standard InChI is InChI=1S/C32H33Cl2NO5S/c1-20-6-3-4-9-28(20)41(39,40)19-27(21-10-11-21)35-30(22-12-14-24(33)15-13-22)26(23-7-5-8-25(34)16-23)17-32(2,31(35)38)18-29(36)37/h3-9,12-16,21,26-27,30H,10-11,17-19H2,1-2H3,(H,36,37)/t26-,27-,30-,32-/m1/s1. The maximum Gasteiger partial charge on any atom is 0.304 e. The molecule has 4 atom stereocenters. The Hall–Kier alpha value is -2.87. The maximum absolute atomic E-state index is 14.6. The number of sulfone groups is 1. The fourth-order valence-electron chi connectivity index (χ4n) is 6.39. The van der Waals surface area contributed by atoms with Gasteiger partial charge in [0.05, 0.1) is 28.5 Å². The first-order valence-corrected chi connectivity index (χ1v) is 16.1.